The number of nitrogens with one attached hydrogen (secondary N) is 2. The summed E-state index contributed by atoms with van der Waals surface area (Å²) in [4.78, 5) is 15.5. The first-order chi connectivity index (χ1) is 12.1. The average molecular weight is 466 g/mol. The minimum Gasteiger partial charge on any atom is -0.366 e. The number of primary amides is 1. The molecule has 0 fully saturated rings. The van der Waals surface area contributed by atoms with Gasteiger partial charge in [0.15, 0.2) is 5.96 Å². The number of nitrogens with zero attached hydrogens (tertiary/aromatic N) is 1. The Morgan fingerprint density at radius 3 is 2.46 bits per heavy atom. The highest BCUT2D eigenvalue weighted by Crippen LogP contribution is 2.06. The van der Waals surface area contributed by atoms with E-state index in [4.69, 9.17) is 5.73 Å². The van der Waals surface area contributed by atoms with Gasteiger partial charge >= 0.3 is 0 Å². The number of hydrogen-bond acceptors (Lipinski definition) is 2. The number of guanidine groups is 1. The van der Waals surface area contributed by atoms with Gasteiger partial charge in [-0.05, 0) is 43.0 Å². The molecule has 0 aliphatic carbocycles. The average Bonchev–Trinajstić information content (AvgIpc) is 2.64. The van der Waals surface area contributed by atoms with Gasteiger partial charge in [0.25, 0.3) is 0 Å². The van der Waals surface area contributed by atoms with E-state index in [1.807, 2.05) is 18.2 Å². The van der Waals surface area contributed by atoms with Crippen LogP contribution in [0.25, 0.3) is 0 Å². The third kappa shape index (κ3) is 7.43. The van der Waals surface area contributed by atoms with E-state index in [1.54, 1.807) is 19.2 Å². The number of hydrogen-bond donors (Lipinski definition) is 3. The number of aryl methyl sites for hydroxylation is 1. The molecule has 1 unspecified atom stereocenters. The van der Waals surface area contributed by atoms with Crippen LogP contribution in [0.2, 0.25) is 0 Å². The number of halogens is 1. The molecule has 140 valence electrons. The third-order valence-corrected chi connectivity index (χ3v) is 3.99. The maximum atomic E-state index is 11.2. The summed E-state index contributed by atoms with van der Waals surface area (Å²) < 4.78 is 0. The number of nitrogens with two attached hydrogens (primary N) is 1. The molecule has 26 heavy (non-hydrogen) atoms. The Hall–Kier alpha value is -2.09. The maximum absolute atomic E-state index is 11.2. The Bertz CT molecular complexity index is 719. The Labute approximate surface area is 172 Å². The molecule has 0 spiro atoms. The molecule has 1 amide bonds. The maximum Gasteiger partial charge on any atom is 0.248 e. The summed E-state index contributed by atoms with van der Waals surface area (Å²) in [5, 5.41) is 6.66. The lowest BCUT2D eigenvalue weighted by molar-refractivity contribution is 0.1000. The summed E-state index contributed by atoms with van der Waals surface area (Å²) in [5.41, 5.74) is 8.15. The standard InChI is InChI=1S/C20H26N4O.HI/c1-15(11-12-16-7-4-3-5-8-16)24-20(22-2)23-14-17-9-6-10-18(13-17)19(21)25;/h3-10,13,15H,11-12,14H2,1-2H3,(H2,21,25)(H2,22,23,24);1H. The molecule has 0 saturated carbocycles. The molecule has 0 aromatic heterocycles. The number of benzene rings is 2. The van der Waals surface area contributed by atoms with Crippen molar-refractivity contribution >= 4 is 35.8 Å². The first-order valence-electron chi connectivity index (χ1n) is 8.48. The molecule has 0 heterocycles. The molecule has 0 radical (unpaired) electrons. The van der Waals surface area contributed by atoms with Crippen LogP contribution < -0.4 is 16.4 Å². The highest BCUT2D eigenvalue weighted by molar-refractivity contribution is 14.0. The van der Waals surface area contributed by atoms with Gasteiger partial charge in [0.2, 0.25) is 5.91 Å². The van der Waals surface area contributed by atoms with Crippen LogP contribution >= 0.6 is 24.0 Å². The number of rotatable bonds is 7. The van der Waals surface area contributed by atoms with Crippen LogP contribution in [0.3, 0.4) is 0 Å². The summed E-state index contributed by atoms with van der Waals surface area (Å²) in [7, 11) is 1.75. The fraction of sp³-hybridized carbons (Fsp3) is 0.300. The van der Waals surface area contributed by atoms with Gasteiger partial charge in [0.05, 0.1) is 0 Å². The van der Waals surface area contributed by atoms with E-state index in [9.17, 15) is 4.79 Å². The summed E-state index contributed by atoms with van der Waals surface area (Å²) in [6.45, 7) is 2.72. The predicted octanol–water partition coefficient (Wildman–Crippen LogP) is 3.09. The highest BCUT2D eigenvalue weighted by atomic mass is 127. The monoisotopic (exact) mass is 466 g/mol. The lowest BCUT2D eigenvalue weighted by Gasteiger charge is -2.18. The molecule has 6 heteroatoms. The van der Waals surface area contributed by atoms with Gasteiger partial charge < -0.3 is 16.4 Å². The fourth-order valence-corrected chi connectivity index (χ4v) is 2.55. The van der Waals surface area contributed by atoms with E-state index in [-0.39, 0.29) is 24.0 Å². The zero-order valence-electron chi connectivity index (χ0n) is 15.2. The minimum absolute atomic E-state index is 0. The van der Waals surface area contributed by atoms with E-state index in [0.717, 1.165) is 24.4 Å². The van der Waals surface area contributed by atoms with Crippen molar-refractivity contribution < 1.29 is 4.79 Å². The van der Waals surface area contributed by atoms with Crippen molar-refractivity contribution in [1.29, 1.82) is 0 Å². The van der Waals surface area contributed by atoms with E-state index in [0.29, 0.717) is 18.2 Å². The lowest BCUT2D eigenvalue weighted by Crippen LogP contribution is -2.42. The summed E-state index contributed by atoms with van der Waals surface area (Å²) in [6, 6.07) is 18.0. The molecule has 2 aromatic carbocycles. The zero-order valence-corrected chi connectivity index (χ0v) is 17.6. The van der Waals surface area contributed by atoms with Crippen LogP contribution in [0, 0.1) is 0 Å². The third-order valence-electron chi connectivity index (χ3n) is 3.99. The van der Waals surface area contributed by atoms with Gasteiger partial charge in [-0.25, -0.2) is 0 Å². The molecule has 2 rings (SSSR count). The van der Waals surface area contributed by atoms with Gasteiger partial charge in [0, 0.05) is 25.2 Å². The minimum atomic E-state index is -0.418. The summed E-state index contributed by atoms with van der Waals surface area (Å²) in [6.07, 6.45) is 2.04. The second-order valence-electron chi connectivity index (χ2n) is 6.06. The van der Waals surface area contributed by atoms with Crippen molar-refractivity contribution in [1.82, 2.24) is 10.6 Å². The Morgan fingerprint density at radius 2 is 1.81 bits per heavy atom. The van der Waals surface area contributed by atoms with Crippen molar-refractivity contribution in [3.8, 4) is 0 Å². The molecule has 5 nitrogen and oxygen atoms in total. The Morgan fingerprint density at radius 1 is 1.12 bits per heavy atom. The smallest absolute Gasteiger partial charge is 0.248 e. The number of amides is 1. The van der Waals surface area contributed by atoms with Crippen molar-refractivity contribution in [2.45, 2.75) is 32.4 Å². The van der Waals surface area contributed by atoms with Gasteiger partial charge in [-0.1, -0.05) is 42.5 Å². The number of carbonyl (C=O) groups excluding carboxylic acids is 1. The second-order valence-corrected chi connectivity index (χ2v) is 6.06. The van der Waals surface area contributed by atoms with Crippen LogP contribution in [0.5, 0.6) is 0 Å². The van der Waals surface area contributed by atoms with Gasteiger partial charge in [-0.15, -0.1) is 24.0 Å². The lowest BCUT2D eigenvalue weighted by atomic mass is 10.1. The number of carbonyl (C=O) groups is 1. The first-order valence-corrected chi connectivity index (χ1v) is 8.48. The topological polar surface area (TPSA) is 79.5 Å². The fourth-order valence-electron chi connectivity index (χ4n) is 2.55. The molecule has 0 bridgehead atoms. The van der Waals surface area contributed by atoms with Crippen LogP contribution in [-0.4, -0.2) is 25.0 Å². The van der Waals surface area contributed by atoms with Crippen molar-refractivity contribution in [2.75, 3.05) is 7.05 Å². The van der Waals surface area contributed by atoms with Gasteiger partial charge in [-0.3, -0.25) is 9.79 Å². The quantitative estimate of drug-likeness (QED) is 0.334. The van der Waals surface area contributed by atoms with E-state index in [2.05, 4.69) is 46.8 Å². The molecule has 2 aromatic rings. The SMILES string of the molecule is CN=C(NCc1cccc(C(N)=O)c1)NC(C)CCc1ccccc1.I. The summed E-state index contributed by atoms with van der Waals surface area (Å²) >= 11 is 0. The molecule has 1 atom stereocenters. The molecule has 4 N–H and O–H groups in total. The van der Waals surface area contributed by atoms with Crippen LogP contribution in [0.4, 0.5) is 0 Å². The van der Waals surface area contributed by atoms with E-state index < -0.39 is 5.91 Å². The highest BCUT2D eigenvalue weighted by Gasteiger charge is 2.06. The van der Waals surface area contributed by atoms with Crippen molar-refractivity contribution in [3.05, 3.63) is 71.3 Å². The van der Waals surface area contributed by atoms with Crippen LogP contribution in [0.15, 0.2) is 59.6 Å². The van der Waals surface area contributed by atoms with Crippen molar-refractivity contribution in [3.63, 3.8) is 0 Å². The normalized spacial score (nSPS) is 12.0. The molecular weight excluding hydrogens is 439 g/mol. The molecule has 0 aliphatic rings. The largest absolute Gasteiger partial charge is 0.366 e. The van der Waals surface area contributed by atoms with E-state index in [1.165, 1.54) is 5.56 Å². The summed E-state index contributed by atoms with van der Waals surface area (Å²) in [5.74, 6) is 0.323. The number of aliphatic imine (C=N–C) groups is 1. The first kappa shape index (κ1) is 22.0. The molecule has 0 saturated heterocycles. The molecular formula is C20H27IN4O. The van der Waals surface area contributed by atoms with E-state index >= 15 is 0 Å². The van der Waals surface area contributed by atoms with Gasteiger partial charge in [-0.2, -0.15) is 0 Å². The van der Waals surface area contributed by atoms with Crippen LogP contribution in [0.1, 0.15) is 34.8 Å². The van der Waals surface area contributed by atoms with Crippen LogP contribution in [-0.2, 0) is 13.0 Å². The second kappa shape index (κ2) is 11.5. The Kier molecular flexibility index (Phi) is 9.72. The Balaban J connectivity index is 0.00000338. The zero-order chi connectivity index (χ0) is 18.1. The van der Waals surface area contributed by atoms with Crippen molar-refractivity contribution in [2.24, 2.45) is 10.7 Å². The van der Waals surface area contributed by atoms with Gasteiger partial charge in [0.1, 0.15) is 0 Å². The molecule has 0 aliphatic heterocycles. The predicted molar refractivity (Wildman–Crippen MR) is 118 cm³/mol.